The largest absolute Gasteiger partial charge is 0.416 e. The number of pyridine rings is 1. The summed E-state index contributed by atoms with van der Waals surface area (Å²) in [7, 11) is 0. The lowest BCUT2D eigenvalue weighted by molar-refractivity contribution is -0.137. The van der Waals surface area contributed by atoms with Crippen molar-refractivity contribution in [2.45, 2.75) is 12.7 Å². The SMILES string of the molecule is N#Cc1cn(Cc2ccc(C(F)(F)F)cc2)c2cc(-n3ccnc3)c(F)cc2c1=O. The van der Waals surface area contributed by atoms with Gasteiger partial charge in [-0.2, -0.15) is 18.4 Å². The molecule has 4 rings (SSSR count). The molecule has 0 saturated carbocycles. The van der Waals surface area contributed by atoms with Gasteiger partial charge < -0.3 is 9.13 Å². The molecule has 4 aromatic rings. The van der Waals surface area contributed by atoms with Gasteiger partial charge in [-0.05, 0) is 29.8 Å². The third-order valence-electron chi connectivity index (χ3n) is 4.69. The molecular formula is C21H12F4N4O. The lowest BCUT2D eigenvalue weighted by Crippen LogP contribution is -2.15. The zero-order chi connectivity index (χ0) is 21.5. The molecule has 0 aliphatic rings. The van der Waals surface area contributed by atoms with Crippen molar-refractivity contribution in [2.24, 2.45) is 0 Å². The van der Waals surface area contributed by atoms with Crippen molar-refractivity contribution in [2.75, 3.05) is 0 Å². The predicted molar refractivity (Wildman–Crippen MR) is 101 cm³/mol. The highest BCUT2D eigenvalue weighted by Gasteiger charge is 2.29. The van der Waals surface area contributed by atoms with Crippen LogP contribution in [0.15, 0.2) is 66.1 Å². The first-order chi connectivity index (χ1) is 14.3. The fourth-order valence-corrected chi connectivity index (χ4v) is 3.21. The second-order valence-corrected chi connectivity index (χ2v) is 6.60. The van der Waals surface area contributed by atoms with E-state index in [4.69, 9.17) is 0 Å². The Morgan fingerprint density at radius 1 is 1.13 bits per heavy atom. The van der Waals surface area contributed by atoms with E-state index in [0.717, 1.165) is 18.2 Å². The third-order valence-corrected chi connectivity index (χ3v) is 4.69. The molecule has 0 radical (unpaired) electrons. The molecule has 0 aliphatic heterocycles. The van der Waals surface area contributed by atoms with Crippen molar-refractivity contribution in [1.29, 1.82) is 5.26 Å². The van der Waals surface area contributed by atoms with Gasteiger partial charge in [0.1, 0.15) is 17.4 Å². The molecule has 2 aromatic heterocycles. The minimum Gasteiger partial charge on any atom is -0.341 e. The molecule has 150 valence electrons. The summed E-state index contributed by atoms with van der Waals surface area (Å²) < 4.78 is 56.0. The van der Waals surface area contributed by atoms with Crippen molar-refractivity contribution in [3.63, 3.8) is 0 Å². The highest BCUT2D eigenvalue weighted by Crippen LogP contribution is 2.29. The second-order valence-electron chi connectivity index (χ2n) is 6.60. The maximum Gasteiger partial charge on any atom is 0.416 e. The van der Waals surface area contributed by atoms with Gasteiger partial charge in [-0.25, -0.2) is 9.37 Å². The monoisotopic (exact) mass is 412 g/mol. The summed E-state index contributed by atoms with van der Waals surface area (Å²) in [5, 5.41) is 9.28. The minimum atomic E-state index is -4.45. The molecule has 0 fully saturated rings. The minimum absolute atomic E-state index is 0.00215. The number of rotatable bonds is 3. The highest BCUT2D eigenvalue weighted by atomic mass is 19.4. The zero-order valence-corrected chi connectivity index (χ0v) is 15.2. The molecule has 0 spiro atoms. The van der Waals surface area contributed by atoms with Gasteiger partial charge in [-0.3, -0.25) is 4.79 Å². The number of hydrogen-bond donors (Lipinski definition) is 0. The molecule has 0 aliphatic carbocycles. The van der Waals surface area contributed by atoms with Gasteiger partial charge in [0, 0.05) is 25.1 Å². The van der Waals surface area contributed by atoms with Gasteiger partial charge in [-0.1, -0.05) is 12.1 Å². The number of nitriles is 1. The average Bonchev–Trinajstić information content (AvgIpc) is 3.24. The smallest absolute Gasteiger partial charge is 0.341 e. The van der Waals surface area contributed by atoms with Crippen LogP contribution in [0.3, 0.4) is 0 Å². The first kappa shape index (κ1) is 19.4. The topological polar surface area (TPSA) is 63.6 Å². The maximum absolute atomic E-state index is 14.6. The Labute approximate surface area is 167 Å². The first-order valence-electron chi connectivity index (χ1n) is 8.69. The summed E-state index contributed by atoms with van der Waals surface area (Å²) in [5.74, 6) is -0.672. The van der Waals surface area contributed by atoms with Crippen molar-refractivity contribution in [1.82, 2.24) is 14.1 Å². The molecular weight excluding hydrogens is 400 g/mol. The third kappa shape index (κ3) is 3.43. The van der Waals surface area contributed by atoms with E-state index in [2.05, 4.69) is 4.98 Å². The number of fused-ring (bicyclic) bond motifs is 1. The number of aromatic nitrogens is 3. The Morgan fingerprint density at radius 2 is 1.87 bits per heavy atom. The summed E-state index contributed by atoms with van der Waals surface area (Å²) in [5.41, 5.74) is -0.589. The van der Waals surface area contributed by atoms with Gasteiger partial charge in [0.15, 0.2) is 0 Å². The van der Waals surface area contributed by atoms with Crippen molar-refractivity contribution in [3.05, 3.63) is 94.0 Å². The van der Waals surface area contributed by atoms with Gasteiger partial charge in [0.05, 0.1) is 28.5 Å². The molecule has 2 heterocycles. The second kappa shape index (κ2) is 7.15. The van der Waals surface area contributed by atoms with Crippen LogP contribution in [0.1, 0.15) is 16.7 Å². The number of halogens is 4. The molecule has 9 heteroatoms. The summed E-state index contributed by atoms with van der Waals surface area (Å²) in [4.78, 5) is 16.4. The fourth-order valence-electron chi connectivity index (χ4n) is 3.21. The van der Waals surface area contributed by atoms with Crippen LogP contribution in [0.2, 0.25) is 0 Å². The molecule has 30 heavy (non-hydrogen) atoms. The first-order valence-corrected chi connectivity index (χ1v) is 8.69. The van der Waals surface area contributed by atoms with E-state index in [1.165, 1.54) is 52.3 Å². The average molecular weight is 412 g/mol. The van der Waals surface area contributed by atoms with Gasteiger partial charge >= 0.3 is 6.18 Å². The van der Waals surface area contributed by atoms with Crippen LogP contribution in [0, 0.1) is 17.1 Å². The molecule has 0 saturated heterocycles. The Balaban J connectivity index is 1.88. The van der Waals surface area contributed by atoms with Crippen LogP contribution in [0.4, 0.5) is 17.6 Å². The summed E-state index contributed by atoms with van der Waals surface area (Å²) in [6.07, 6.45) is 1.27. The van der Waals surface area contributed by atoms with Crippen molar-refractivity contribution in [3.8, 4) is 11.8 Å². The van der Waals surface area contributed by atoms with Crippen LogP contribution in [0.5, 0.6) is 0 Å². The predicted octanol–water partition coefficient (Wildman–Crippen LogP) is 4.27. The van der Waals surface area contributed by atoms with E-state index in [9.17, 15) is 27.6 Å². The van der Waals surface area contributed by atoms with Crippen molar-refractivity contribution >= 4 is 10.9 Å². The molecule has 0 N–H and O–H groups in total. The van der Waals surface area contributed by atoms with Gasteiger partial charge in [0.25, 0.3) is 0 Å². The van der Waals surface area contributed by atoms with Crippen molar-refractivity contribution < 1.29 is 17.6 Å². The molecule has 0 amide bonds. The van der Waals surface area contributed by atoms with Gasteiger partial charge in [-0.15, -0.1) is 0 Å². The van der Waals surface area contributed by atoms with Crippen LogP contribution in [-0.4, -0.2) is 14.1 Å². The quantitative estimate of drug-likeness (QED) is 0.472. The summed E-state index contributed by atoms with van der Waals surface area (Å²) >= 11 is 0. The zero-order valence-electron chi connectivity index (χ0n) is 15.2. The number of benzene rings is 2. The molecule has 5 nitrogen and oxygen atoms in total. The van der Waals surface area contributed by atoms with E-state index < -0.39 is 23.0 Å². The fraction of sp³-hybridized carbons (Fsp3) is 0.0952. The lowest BCUT2D eigenvalue weighted by atomic mass is 10.1. The summed E-state index contributed by atoms with van der Waals surface area (Å²) in [6.45, 7) is 0.0819. The van der Waals surface area contributed by atoms with Crippen LogP contribution >= 0.6 is 0 Å². The molecule has 2 aromatic carbocycles. The molecule has 0 unspecified atom stereocenters. The Hall–Kier alpha value is -3.93. The number of hydrogen-bond acceptors (Lipinski definition) is 3. The highest BCUT2D eigenvalue weighted by molar-refractivity contribution is 5.82. The van der Waals surface area contributed by atoms with E-state index in [1.54, 1.807) is 6.07 Å². The van der Waals surface area contributed by atoms with E-state index >= 15 is 0 Å². The lowest BCUT2D eigenvalue weighted by Gasteiger charge is -2.15. The number of alkyl halides is 3. The Bertz CT molecular complexity index is 1330. The standard InChI is InChI=1S/C21H12F4N4O/c22-17-7-16-18(8-19(17)28-6-5-27-12-28)29(11-14(9-26)20(16)30)10-13-1-3-15(4-2-13)21(23,24)25/h1-8,11-12H,10H2. The molecule has 0 bridgehead atoms. The number of imidazole rings is 1. The normalized spacial score (nSPS) is 11.6. The number of nitrogens with zero attached hydrogens (tertiary/aromatic N) is 4. The Kier molecular flexibility index (Phi) is 4.62. The van der Waals surface area contributed by atoms with Crippen LogP contribution in [-0.2, 0) is 12.7 Å². The van der Waals surface area contributed by atoms with E-state index in [1.807, 2.05) is 0 Å². The van der Waals surface area contributed by atoms with E-state index in [0.29, 0.717) is 11.1 Å². The van der Waals surface area contributed by atoms with Crippen LogP contribution < -0.4 is 5.43 Å². The maximum atomic E-state index is 14.6. The van der Waals surface area contributed by atoms with E-state index in [-0.39, 0.29) is 23.2 Å². The Morgan fingerprint density at radius 3 is 2.47 bits per heavy atom. The molecule has 0 atom stereocenters. The van der Waals surface area contributed by atoms with Gasteiger partial charge in [0.2, 0.25) is 5.43 Å². The summed E-state index contributed by atoms with van der Waals surface area (Å²) in [6, 6.07) is 8.84. The van der Waals surface area contributed by atoms with Crippen LogP contribution in [0.25, 0.3) is 16.6 Å².